The minimum atomic E-state index is -0.465. The summed E-state index contributed by atoms with van der Waals surface area (Å²) in [5, 5.41) is 5.07. The molecule has 0 aliphatic rings. The summed E-state index contributed by atoms with van der Waals surface area (Å²) in [7, 11) is 3.96. The molecule has 0 spiro atoms. The lowest BCUT2D eigenvalue weighted by Crippen LogP contribution is -2.40. The zero-order valence-electron chi connectivity index (χ0n) is 13.5. The number of carbonyl (C=O) groups is 1. The van der Waals surface area contributed by atoms with Gasteiger partial charge in [0.25, 0.3) is 5.91 Å². The second-order valence-corrected chi connectivity index (χ2v) is 5.59. The quantitative estimate of drug-likeness (QED) is 0.855. The van der Waals surface area contributed by atoms with E-state index in [1.807, 2.05) is 68.4 Å². The van der Waals surface area contributed by atoms with E-state index in [4.69, 9.17) is 4.74 Å². The summed E-state index contributed by atoms with van der Waals surface area (Å²) in [6.45, 7) is 3.40. The summed E-state index contributed by atoms with van der Waals surface area (Å²) in [4.78, 5) is 14.3. The van der Waals surface area contributed by atoms with E-state index in [1.54, 1.807) is 0 Å². The lowest BCUT2D eigenvalue weighted by Gasteiger charge is -2.19. The van der Waals surface area contributed by atoms with Gasteiger partial charge in [-0.3, -0.25) is 4.79 Å². The van der Waals surface area contributed by atoms with E-state index in [-0.39, 0.29) is 5.91 Å². The first-order chi connectivity index (χ1) is 10.6. The Morgan fingerprint density at radius 2 is 1.91 bits per heavy atom. The van der Waals surface area contributed by atoms with Crippen LogP contribution in [0.25, 0.3) is 10.8 Å². The lowest BCUT2D eigenvalue weighted by molar-refractivity contribution is -0.128. The van der Waals surface area contributed by atoms with Crippen molar-refractivity contribution in [1.29, 1.82) is 0 Å². The highest BCUT2D eigenvalue weighted by atomic mass is 16.5. The number of ether oxygens (including phenoxy) is 1. The largest absolute Gasteiger partial charge is 0.480 e. The first-order valence-corrected chi connectivity index (χ1v) is 7.68. The third kappa shape index (κ3) is 4.21. The Morgan fingerprint density at radius 3 is 2.64 bits per heavy atom. The molecular formula is C18H24N2O2. The maximum absolute atomic E-state index is 12.2. The second kappa shape index (κ2) is 7.80. The molecule has 0 radical (unpaired) electrons. The van der Waals surface area contributed by atoms with E-state index in [0.29, 0.717) is 13.0 Å². The number of benzene rings is 2. The number of rotatable bonds is 7. The minimum Gasteiger partial charge on any atom is -0.480 e. The van der Waals surface area contributed by atoms with Gasteiger partial charge in [-0.2, -0.15) is 0 Å². The third-order valence-electron chi connectivity index (χ3n) is 3.54. The van der Waals surface area contributed by atoms with Crippen LogP contribution >= 0.6 is 0 Å². The monoisotopic (exact) mass is 300 g/mol. The molecule has 2 rings (SSSR count). The Kier molecular flexibility index (Phi) is 5.78. The summed E-state index contributed by atoms with van der Waals surface area (Å²) < 4.78 is 5.97. The van der Waals surface area contributed by atoms with Crippen molar-refractivity contribution in [3.05, 3.63) is 42.5 Å². The molecular weight excluding hydrogens is 276 g/mol. The third-order valence-corrected chi connectivity index (χ3v) is 3.54. The molecule has 0 saturated carbocycles. The van der Waals surface area contributed by atoms with Crippen molar-refractivity contribution in [3.63, 3.8) is 0 Å². The van der Waals surface area contributed by atoms with E-state index in [1.165, 1.54) is 0 Å². The number of nitrogens with zero attached hydrogens (tertiary/aromatic N) is 1. The minimum absolute atomic E-state index is 0.0581. The Hall–Kier alpha value is -2.07. The standard InChI is InChI=1S/C18H24N2O2/c1-4-16(18(21)19-12-13-20(2)3)22-17-11-7-9-14-8-5-6-10-15(14)17/h5-11,16H,4,12-13H2,1-3H3,(H,19,21). The van der Waals surface area contributed by atoms with Gasteiger partial charge in [0.05, 0.1) is 0 Å². The van der Waals surface area contributed by atoms with E-state index in [2.05, 4.69) is 5.32 Å². The molecule has 1 unspecified atom stereocenters. The van der Waals surface area contributed by atoms with Crippen LogP contribution in [0.2, 0.25) is 0 Å². The highest BCUT2D eigenvalue weighted by Crippen LogP contribution is 2.26. The van der Waals surface area contributed by atoms with Gasteiger partial charge in [0.15, 0.2) is 6.10 Å². The van der Waals surface area contributed by atoms with E-state index in [0.717, 1.165) is 23.1 Å². The van der Waals surface area contributed by atoms with Crippen molar-refractivity contribution in [2.24, 2.45) is 0 Å². The molecule has 0 saturated heterocycles. The molecule has 118 valence electrons. The molecule has 4 heteroatoms. The second-order valence-electron chi connectivity index (χ2n) is 5.59. The van der Waals surface area contributed by atoms with Gasteiger partial charge >= 0.3 is 0 Å². The first-order valence-electron chi connectivity index (χ1n) is 7.68. The van der Waals surface area contributed by atoms with Crippen molar-refractivity contribution >= 4 is 16.7 Å². The van der Waals surface area contributed by atoms with Crippen LogP contribution in [0.4, 0.5) is 0 Å². The van der Waals surface area contributed by atoms with Crippen LogP contribution in [-0.2, 0) is 4.79 Å². The summed E-state index contributed by atoms with van der Waals surface area (Å²) in [6.07, 6.45) is 0.171. The summed E-state index contributed by atoms with van der Waals surface area (Å²) in [5.74, 6) is 0.699. The highest BCUT2D eigenvalue weighted by Gasteiger charge is 2.18. The van der Waals surface area contributed by atoms with Crippen molar-refractivity contribution in [2.75, 3.05) is 27.2 Å². The lowest BCUT2D eigenvalue weighted by atomic mass is 10.1. The van der Waals surface area contributed by atoms with Gasteiger partial charge in [0, 0.05) is 18.5 Å². The molecule has 0 heterocycles. The average Bonchev–Trinajstić information content (AvgIpc) is 2.52. The Labute approximate surface area is 132 Å². The fourth-order valence-electron chi connectivity index (χ4n) is 2.29. The van der Waals surface area contributed by atoms with Gasteiger partial charge in [-0.1, -0.05) is 43.3 Å². The van der Waals surface area contributed by atoms with Crippen molar-refractivity contribution in [2.45, 2.75) is 19.4 Å². The zero-order chi connectivity index (χ0) is 15.9. The van der Waals surface area contributed by atoms with Crippen LogP contribution in [0.3, 0.4) is 0 Å². The molecule has 22 heavy (non-hydrogen) atoms. The van der Waals surface area contributed by atoms with Crippen molar-refractivity contribution < 1.29 is 9.53 Å². The number of likely N-dealkylation sites (N-methyl/N-ethyl adjacent to an activating group) is 1. The zero-order valence-corrected chi connectivity index (χ0v) is 13.5. The molecule has 0 aliphatic heterocycles. The van der Waals surface area contributed by atoms with Gasteiger partial charge in [0.1, 0.15) is 5.75 Å². The molecule has 1 N–H and O–H groups in total. The fourth-order valence-corrected chi connectivity index (χ4v) is 2.29. The molecule has 2 aromatic rings. The maximum atomic E-state index is 12.2. The molecule has 0 fully saturated rings. The predicted octanol–water partition coefficient (Wildman–Crippen LogP) is 2.68. The summed E-state index contributed by atoms with van der Waals surface area (Å²) in [5.41, 5.74) is 0. The van der Waals surface area contributed by atoms with E-state index < -0.39 is 6.10 Å². The van der Waals surface area contributed by atoms with Crippen LogP contribution in [0.5, 0.6) is 5.75 Å². The van der Waals surface area contributed by atoms with E-state index in [9.17, 15) is 4.79 Å². The smallest absolute Gasteiger partial charge is 0.261 e. The van der Waals surface area contributed by atoms with Crippen molar-refractivity contribution in [1.82, 2.24) is 10.2 Å². The predicted molar refractivity (Wildman–Crippen MR) is 90.2 cm³/mol. The fraction of sp³-hybridized carbons (Fsp3) is 0.389. The number of carbonyl (C=O) groups excluding carboxylic acids is 1. The van der Waals surface area contributed by atoms with Crippen LogP contribution in [0, 0.1) is 0 Å². The molecule has 2 aromatic carbocycles. The Bertz CT molecular complexity index is 620. The maximum Gasteiger partial charge on any atom is 0.261 e. The van der Waals surface area contributed by atoms with Crippen LogP contribution in [-0.4, -0.2) is 44.1 Å². The number of hydrogen-bond acceptors (Lipinski definition) is 3. The summed E-state index contributed by atoms with van der Waals surface area (Å²) in [6, 6.07) is 13.9. The Morgan fingerprint density at radius 1 is 1.18 bits per heavy atom. The van der Waals surface area contributed by atoms with Gasteiger partial charge in [-0.25, -0.2) is 0 Å². The average molecular weight is 300 g/mol. The molecule has 0 aliphatic carbocycles. The highest BCUT2D eigenvalue weighted by molar-refractivity contribution is 5.89. The van der Waals surface area contributed by atoms with E-state index >= 15 is 0 Å². The Balaban J connectivity index is 2.07. The van der Waals surface area contributed by atoms with Gasteiger partial charge < -0.3 is 15.0 Å². The molecule has 0 aromatic heterocycles. The van der Waals surface area contributed by atoms with Crippen molar-refractivity contribution in [3.8, 4) is 5.75 Å². The number of amides is 1. The number of hydrogen-bond donors (Lipinski definition) is 1. The normalized spacial score (nSPS) is 12.4. The van der Waals surface area contributed by atoms with Crippen LogP contribution in [0.15, 0.2) is 42.5 Å². The van der Waals surface area contributed by atoms with Crippen LogP contribution in [0.1, 0.15) is 13.3 Å². The van der Waals surface area contributed by atoms with Gasteiger partial charge in [0.2, 0.25) is 0 Å². The van der Waals surface area contributed by atoms with Gasteiger partial charge in [-0.05, 0) is 32.0 Å². The number of nitrogens with one attached hydrogen (secondary N) is 1. The summed E-state index contributed by atoms with van der Waals surface area (Å²) >= 11 is 0. The molecule has 1 amide bonds. The molecule has 4 nitrogen and oxygen atoms in total. The SMILES string of the molecule is CCC(Oc1cccc2ccccc12)C(=O)NCCN(C)C. The number of fused-ring (bicyclic) bond motifs is 1. The molecule has 0 bridgehead atoms. The van der Waals surface area contributed by atoms with Crippen LogP contribution < -0.4 is 10.1 Å². The first kappa shape index (κ1) is 16.3. The van der Waals surface area contributed by atoms with Gasteiger partial charge in [-0.15, -0.1) is 0 Å². The molecule has 1 atom stereocenters. The topological polar surface area (TPSA) is 41.6 Å².